The molecule has 0 aliphatic carbocycles. The third-order valence-corrected chi connectivity index (χ3v) is 7.20. The number of para-hydroxylation sites is 1. The summed E-state index contributed by atoms with van der Waals surface area (Å²) in [6, 6.07) is 12.1. The Balaban J connectivity index is 1.52. The highest BCUT2D eigenvalue weighted by Gasteiger charge is 2.28. The summed E-state index contributed by atoms with van der Waals surface area (Å²) in [6.07, 6.45) is 3.53. The maximum atomic E-state index is 12.8. The number of amides is 1. The van der Waals surface area contributed by atoms with E-state index in [1.54, 1.807) is 12.4 Å². The first-order valence-corrected chi connectivity index (χ1v) is 13.0. The average Bonchev–Trinajstić information content (AvgIpc) is 3.31. The van der Waals surface area contributed by atoms with Crippen molar-refractivity contribution in [1.29, 1.82) is 0 Å². The third-order valence-electron chi connectivity index (χ3n) is 6.27. The third kappa shape index (κ3) is 6.09. The van der Waals surface area contributed by atoms with Gasteiger partial charge < -0.3 is 10.1 Å². The predicted molar refractivity (Wildman–Crippen MR) is 139 cm³/mol. The van der Waals surface area contributed by atoms with Gasteiger partial charge in [0.05, 0.1) is 24.7 Å². The van der Waals surface area contributed by atoms with E-state index in [4.69, 9.17) is 4.74 Å². The summed E-state index contributed by atoms with van der Waals surface area (Å²) in [5.41, 5.74) is 2.95. The van der Waals surface area contributed by atoms with Crippen LogP contribution in [0.25, 0.3) is 17.1 Å². The minimum absolute atomic E-state index is 0.0223. The first-order chi connectivity index (χ1) is 16.9. The lowest BCUT2D eigenvalue weighted by atomic mass is 10.0. The van der Waals surface area contributed by atoms with Gasteiger partial charge in [-0.3, -0.25) is 19.2 Å². The molecule has 0 bridgehead atoms. The number of nitrogens with one attached hydrogen (secondary N) is 1. The molecule has 1 N–H and O–H groups in total. The van der Waals surface area contributed by atoms with E-state index in [-0.39, 0.29) is 17.2 Å². The van der Waals surface area contributed by atoms with Crippen LogP contribution in [0.2, 0.25) is 0 Å². The van der Waals surface area contributed by atoms with Crippen molar-refractivity contribution in [3.63, 3.8) is 0 Å². The van der Waals surface area contributed by atoms with E-state index < -0.39 is 0 Å². The number of ether oxygens (including phenoxy) is 1. The van der Waals surface area contributed by atoms with Gasteiger partial charge in [0.25, 0.3) is 0 Å². The van der Waals surface area contributed by atoms with Crippen molar-refractivity contribution >= 4 is 17.7 Å². The topological polar surface area (TPSA) is 85.2 Å². The Kier molecular flexibility index (Phi) is 8.20. The largest absolute Gasteiger partial charge is 0.379 e. The average molecular weight is 495 g/mol. The summed E-state index contributed by atoms with van der Waals surface area (Å²) in [4.78, 5) is 19.4. The molecule has 35 heavy (non-hydrogen) atoms. The molecule has 186 valence electrons. The first kappa shape index (κ1) is 25.3. The summed E-state index contributed by atoms with van der Waals surface area (Å²) in [7, 11) is 0. The molecule has 4 rings (SSSR count). The van der Waals surface area contributed by atoms with Crippen LogP contribution in [-0.2, 0) is 9.53 Å². The maximum absolute atomic E-state index is 12.8. The van der Waals surface area contributed by atoms with Crippen LogP contribution in [0.5, 0.6) is 0 Å². The second-order valence-electron chi connectivity index (χ2n) is 9.57. The van der Waals surface area contributed by atoms with Crippen molar-refractivity contribution in [2.24, 2.45) is 0 Å². The number of pyridine rings is 1. The molecule has 8 nitrogen and oxygen atoms in total. The Morgan fingerprint density at radius 2 is 1.91 bits per heavy atom. The van der Waals surface area contributed by atoms with E-state index in [9.17, 15) is 4.79 Å². The molecule has 0 unspecified atom stereocenters. The molecule has 1 aliphatic rings. The van der Waals surface area contributed by atoms with Crippen molar-refractivity contribution in [3.8, 4) is 17.1 Å². The number of nitrogens with zero attached hydrogens (tertiary/aromatic N) is 5. The van der Waals surface area contributed by atoms with Gasteiger partial charge >= 0.3 is 0 Å². The highest BCUT2D eigenvalue weighted by atomic mass is 32.2. The standard InChI is InChI=1S/C26H34N6O2S/c1-19(2)21-9-5-6-10-22(21)32-24(20-8-7-11-27-16-20)29-30-25(32)35-17-23(33)28-18-26(3,4)31-12-14-34-15-13-31/h5-11,16,19H,12-15,17-18H2,1-4H3,(H,28,33). The molecule has 1 aliphatic heterocycles. The summed E-state index contributed by atoms with van der Waals surface area (Å²) >= 11 is 1.40. The molecule has 2 aromatic heterocycles. The minimum atomic E-state index is -0.131. The van der Waals surface area contributed by atoms with E-state index in [0.717, 1.165) is 37.6 Å². The van der Waals surface area contributed by atoms with Gasteiger partial charge in [0.1, 0.15) is 0 Å². The van der Waals surface area contributed by atoms with Gasteiger partial charge in [0.2, 0.25) is 5.91 Å². The number of carbonyl (C=O) groups excluding carboxylic acids is 1. The second-order valence-corrected chi connectivity index (χ2v) is 10.5. The summed E-state index contributed by atoms with van der Waals surface area (Å²) in [6.45, 7) is 12.5. The van der Waals surface area contributed by atoms with Crippen LogP contribution in [0.4, 0.5) is 0 Å². The molecule has 0 saturated carbocycles. The van der Waals surface area contributed by atoms with Crippen molar-refractivity contribution < 1.29 is 9.53 Å². The lowest BCUT2D eigenvalue weighted by Crippen LogP contribution is -2.55. The lowest BCUT2D eigenvalue weighted by molar-refractivity contribution is -0.119. The van der Waals surface area contributed by atoms with E-state index >= 15 is 0 Å². The van der Waals surface area contributed by atoms with Crippen LogP contribution in [0.3, 0.4) is 0 Å². The number of aromatic nitrogens is 4. The van der Waals surface area contributed by atoms with Gasteiger partial charge in [-0.1, -0.05) is 43.8 Å². The number of carbonyl (C=O) groups is 1. The maximum Gasteiger partial charge on any atom is 0.230 e. The fourth-order valence-corrected chi connectivity index (χ4v) is 4.99. The van der Waals surface area contributed by atoms with Crippen LogP contribution in [-0.4, -0.2) is 74.7 Å². The highest BCUT2D eigenvalue weighted by molar-refractivity contribution is 7.99. The van der Waals surface area contributed by atoms with Gasteiger partial charge in [-0.15, -0.1) is 10.2 Å². The molecule has 1 amide bonds. The van der Waals surface area contributed by atoms with Gasteiger partial charge in [-0.25, -0.2) is 0 Å². The number of rotatable bonds is 9. The Morgan fingerprint density at radius 1 is 1.14 bits per heavy atom. The molecule has 3 aromatic rings. The van der Waals surface area contributed by atoms with E-state index in [0.29, 0.717) is 23.4 Å². The van der Waals surface area contributed by atoms with E-state index in [1.165, 1.54) is 17.3 Å². The van der Waals surface area contributed by atoms with E-state index in [2.05, 4.69) is 65.2 Å². The summed E-state index contributed by atoms with van der Waals surface area (Å²) < 4.78 is 7.50. The molecule has 9 heteroatoms. The fraction of sp³-hybridized carbons (Fsp3) is 0.462. The Morgan fingerprint density at radius 3 is 2.63 bits per heavy atom. The van der Waals surface area contributed by atoms with E-state index in [1.807, 2.05) is 28.8 Å². The van der Waals surface area contributed by atoms with Crippen molar-refractivity contribution in [1.82, 2.24) is 30.0 Å². The highest BCUT2D eigenvalue weighted by Crippen LogP contribution is 2.31. The van der Waals surface area contributed by atoms with Crippen LogP contribution >= 0.6 is 11.8 Å². The normalized spacial score (nSPS) is 14.9. The van der Waals surface area contributed by atoms with Crippen LogP contribution in [0.1, 0.15) is 39.2 Å². The van der Waals surface area contributed by atoms with Crippen molar-refractivity contribution in [3.05, 3.63) is 54.4 Å². The van der Waals surface area contributed by atoms with Gasteiger partial charge in [0.15, 0.2) is 11.0 Å². The zero-order valence-electron chi connectivity index (χ0n) is 20.9. The SMILES string of the molecule is CC(C)c1ccccc1-n1c(SCC(=O)NCC(C)(C)N2CCOCC2)nnc1-c1cccnc1. The number of thioether (sulfide) groups is 1. The number of morpholine rings is 1. The summed E-state index contributed by atoms with van der Waals surface area (Å²) in [5.74, 6) is 1.27. The molecule has 0 atom stereocenters. The molecule has 0 radical (unpaired) electrons. The number of benzene rings is 1. The quantitative estimate of drug-likeness (QED) is 0.453. The van der Waals surface area contributed by atoms with Crippen molar-refractivity contribution in [2.75, 3.05) is 38.6 Å². The van der Waals surface area contributed by atoms with Crippen LogP contribution in [0, 0.1) is 0 Å². The van der Waals surface area contributed by atoms with Gasteiger partial charge in [-0.05, 0) is 43.5 Å². The Bertz CT molecular complexity index is 1130. The van der Waals surface area contributed by atoms with Gasteiger partial charge in [-0.2, -0.15) is 0 Å². The molecule has 1 saturated heterocycles. The van der Waals surface area contributed by atoms with Crippen LogP contribution < -0.4 is 5.32 Å². The number of hydrogen-bond donors (Lipinski definition) is 1. The van der Waals surface area contributed by atoms with Crippen LogP contribution in [0.15, 0.2) is 53.9 Å². The smallest absolute Gasteiger partial charge is 0.230 e. The van der Waals surface area contributed by atoms with Gasteiger partial charge in [0, 0.05) is 43.1 Å². The Labute approximate surface area is 211 Å². The predicted octanol–water partition coefficient (Wildman–Crippen LogP) is 3.77. The fourth-order valence-electron chi connectivity index (χ4n) is 4.22. The van der Waals surface area contributed by atoms with Crippen molar-refractivity contribution in [2.45, 2.75) is 44.3 Å². The molecule has 0 spiro atoms. The second kappa shape index (κ2) is 11.3. The molecule has 3 heterocycles. The zero-order chi connectivity index (χ0) is 24.8. The molecule has 1 fully saturated rings. The Hall–Kier alpha value is -2.75. The lowest BCUT2D eigenvalue weighted by Gasteiger charge is -2.40. The first-order valence-electron chi connectivity index (χ1n) is 12.0. The zero-order valence-corrected chi connectivity index (χ0v) is 21.7. The monoisotopic (exact) mass is 494 g/mol. The molecule has 1 aromatic carbocycles. The number of hydrogen-bond acceptors (Lipinski definition) is 7. The molecular formula is C26H34N6O2S. The summed E-state index contributed by atoms with van der Waals surface area (Å²) in [5, 5.41) is 12.7. The molecular weight excluding hydrogens is 460 g/mol. The minimum Gasteiger partial charge on any atom is -0.379 e.